The van der Waals surface area contributed by atoms with Crippen LogP contribution in [0.4, 0.5) is 0 Å². The number of aromatic nitrogens is 8. The highest BCUT2D eigenvalue weighted by molar-refractivity contribution is 6.26. The minimum Gasteiger partial charge on any atom is -0.456 e. The van der Waals surface area contributed by atoms with Gasteiger partial charge < -0.3 is 4.42 Å². The van der Waals surface area contributed by atoms with Crippen molar-refractivity contribution in [2.75, 3.05) is 0 Å². The predicted molar refractivity (Wildman–Crippen MR) is 382 cm³/mol. The zero-order valence-electron chi connectivity index (χ0n) is 49.9. The van der Waals surface area contributed by atoms with Crippen LogP contribution in [-0.2, 0) is 0 Å². The molecular weight excluding hydrogens is 1140 g/mol. The third kappa shape index (κ3) is 8.55. The van der Waals surface area contributed by atoms with E-state index >= 15 is 0 Å². The zero-order chi connectivity index (χ0) is 61.1. The van der Waals surface area contributed by atoms with E-state index in [-0.39, 0.29) is 0 Å². The molecule has 0 aliphatic rings. The minimum atomic E-state index is 0.678. The fourth-order valence-electron chi connectivity index (χ4n) is 14.1. The van der Waals surface area contributed by atoms with Crippen molar-refractivity contribution < 1.29 is 4.42 Å². The molecule has 0 aliphatic heterocycles. The highest BCUT2D eigenvalue weighted by Gasteiger charge is 2.21. The molecule has 20 aromatic rings. The van der Waals surface area contributed by atoms with Gasteiger partial charge in [-0.3, -0.25) is 8.80 Å². The predicted octanol–water partition coefficient (Wildman–Crippen LogP) is 21.4. The first kappa shape index (κ1) is 52.2. The van der Waals surface area contributed by atoms with Crippen LogP contribution < -0.4 is 0 Å². The lowest BCUT2D eigenvalue weighted by Crippen LogP contribution is -1.97. The SMILES string of the molecule is c1ccc(-c2cc(-c3ccc4oc5ccccc5c4c3)nc(-c3ccc4c(c3)c3ccccc3c3nc5ccccn5c43)n2)cc1.c1ccc2c(-c3cc(-c4cccc5ccccc45)nc(-c4ccc5c(c4)c4ccccc4c4nc6ccccn6c54)n3)cccc2c1. The van der Waals surface area contributed by atoms with E-state index in [4.69, 9.17) is 34.3 Å². The molecule has 7 heterocycles. The molecule has 93 heavy (non-hydrogen) atoms. The van der Waals surface area contributed by atoms with Crippen LogP contribution in [0.3, 0.4) is 0 Å². The van der Waals surface area contributed by atoms with Crippen LogP contribution in [-0.4, -0.2) is 38.7 Å². The molecule has 0 radical (unpaired) electrons. The van der Waals surface area contributed by atoms with Crippen LogP contribution in [0.15, 0.2) is 308 Å². The second-order valence-corrected chi connectivity index (χ2v) is 23.7. The summed E-state index contributed by atoms with van der Waals surface area (Å²) in [5, 5.41) is 16.1. The Kier molecular flexibility index (Phi) is 11.8. The maximum absolute atomic E-state index is 6.12. The average molecular weight is 1190 g/mol. The van der Waals surface area contributed by atoms with E-state index in [0.29, 0.717) is 11.6 Å². The van der Waals surface area contributed by atoms with E-state index in [1.54, 1.807) is 0 Å². The summed E-state index contributed by atoms with van der Waals surface area (Å²) in [4.78, 5) is 31.0. The normalized spacial score (nSPS) is 11.9. The second-order valence-electron chi connectivity index (χ2n) is 23.7. The van der Waals surface area contributed by atoms with Crippen molar-refractivity contribution >= 4 is 120 Å². The van der Waals surface area contributed by atoms with Gasteiger partial charge in [0.15, 0.2) is 11.6 Å². The Hall–Kier alpha value is -12.7. The highest BCUT2D eigenvalue weighted by atomic mass is 16.3. The van der Waals surface area contributed by atoms with Crippen LogP contribution in [0.1, 0.15) is 0 Å². The summed E-state index contributed by atoms with van der Waals surface area (Å²) in [7, 11) is 0. The summed E-state index contributed by atoms with van der Waals surface area (Å²) < 4.78 is 10.5. The van der Waals surface area contributed by atoms with E-state index in [0.717, 1.165) is 149 Å². The molecule has 20 rings (SSSR count). The highest BCUT2D eigenvalue weighted by Crippen LogP contribution is 2.42. The molecule has 0 saturated carbocycles. The van der Waals surface area contributed by atoms with Gasteiger partial charge in [-0.15, -0.1) is 0 Å². The number of rotatable bonds is 6. The van der Waals surface area contributed by atoms with Gasteiger partial charge >= 0.3 is 0 Å². The third-order valence-corrected chi connectivity index (χ3v) is 18.4. The minimum absolute atomic E-state index is 0.678. The van der Waals surface area contributed by atoms with Crippen molar-refractivity contribution in [2.24, 2.45) is 0 Å². The van der Waals surface area contributed by atoms with Crippen molar-refractivity contribution in [3.05, 3.63) is 304 Å². The van der Waals surface area contributed by atoms with Gasteiger partial charge in [-0.05, 0) is 116 Å². The topological polar surface area (TPSA) is 99.3 Å². The molecule has 0 atom stereocenters. The first-order valence-corrected chi connectivity index (χ1v) is 31.2. The van der Waals surface area contributed by atoms with E-state index in [2.05, 4.69) is 258 Å². The Bertz CT molecular complexity index is 6350. The number of hydrogen-bond donors (Lipinski definition) is 0. The molecule has 432 valence electrons. The number of nitrogens with zero attached hydrogens (tertiary/aromatic N) is 8. The van der Waals surface area contributed by atoms with Crippen LogP contribution >= 0.6 is 0 Å². The largest absolute Gasteiger partial charge is 0.456 e. The van der Waals surface area contributed by atoms with Gasteiger partial charge in [0.2, 0.25) is 0 Å². The van der Waals surface area contributed by atoms with Crippen LogP contribution in [0.25, 0.3) is 188 Å². The summed E-state index contributed by atoms with van der Waals surface area (Å²) in [6, 6.07) is 101. The smallest absolute Gasteiger partial charge is 0.160 e. The van der Waals surface area contributed by atoms with Crippen molar-refractivity contribution in [3.63, 3.8) is 0 Å². The monoisotopic (exact) mass is 1190 g/mol. The number of furan rings is 1. The van der Waals surface area contributed by atoms with Crippen molar-refractivity contribution in [1.82, 2.24) is 38.7 Å². The molecule has 0 saturated heterocycles. The number of imidazole rings is 2. The van der Waals surface area contributed by atoms with Gasteiger partial charge in [0, 0.05) is 78.1 Å². The Morgan fingerprint density at radius 2 is 0.656 bits per heavy atom. The maximum atomic E-state index is 6.12. The zero-order valence-corrected chi connectivity index (χ0v) is 49.9. The summed E-state index contributed by atoms with van der Waals surface area (Å²) in [6.07, 6.45) is 4.19. The summed E-state index contributed by atoms with van der Waals surface area (Å²) >= 11 is 0. The van der Waals surface area contributed by atoms with Crippen LogP contribution in [0.2, 0.25) is 0 Å². The maximum Gasteiger partial charge on any atom is 0.160 e. The number of fused-ring (bicyclic) bond motifs is 21. The van der Waals surface area contributed by atoms with Crippen molar-refractivity contribution in [3.8, 4) is 67.8 Å². The van der Waals surface area contributed by atoms with E-state index in [1.165, 1.54) is 26.9 Å². The molecule has 0 aliphatic carbocycles. The molecule has 0 bridgehead atoms. The summed E-state index contributed by atoms with van der Waals surface area (Å²) in [6.45, 7) is 0. The Morgan fingerprint density at radius 3 is 1.23 bits per heavy atom. The number of benzene rings is 13. The standard InChI is InChI=1S/C43H26N4.C41H24N4O/c1-3-15-30-27(11-1)13-9-19-33(30)38-26-39(34-20-10-14-28-12-2-4-16-31(28)34)45-43(44-38)29-22-23-36-37(25-29)32-17-5-6-18-35(32)41-42(36)47-24-8-7-21-40(47)46-41;1-2-10-25(11-3-1)34-24-35(26-18-20-37-33(22-26)29-13-6-7-15-36(29)46-37)43-41(42-34)27-17-19-31-32(23-27)28-12-4-5-14-30(28)39-40(31)45-21-9-8-16-38(45)44-39/h1-26H;1-24H. The molecule has 0 amide bonds. The number of hydrogen-bond acceptors (Lipinski definition) is 7. The molecule has 0 unspecified atom stereocenters. The number of pyridine rings is 2. The average Bonchev–Trinajstić information content (AvgIpc) is 1.79. The van der Waals surface area contributed by atoms with Crippen molar-refractivity contribution in [2.45, 2.75) is 0 Å². The lowest BCUT2D eigenvalue weighted by Gasteiger charge is -2.13. The Morgan fingerprint density at radius 1 is 0.237 bits per heavy atom. The van der Waals surface area contributed by atoms with E-state index in [1.807, 2.05) is 54.6 Å². The van der Waals surface area contributed by atoms with E-state index in [9.17, 15) is 0 Å². The Labute approximate surface area is 531 Å². The van der Waals surface area contributed by atoms with Crippen LogP contribution in [0.5, 0.6) is 0 Å². The summed E-state index contributed by atoms with van der Waals surface area (Å²) in [5.74, 6) is 1.38. The summed E-state index contributed by atoms with van der Waals surface area (Å²) in [5.41, 5.74) is 17.6. The molecule has 13 aromatic carbocycles. The van der Waals surface area contributed by atoms with E-state index < -0.39 is 0 Å². The molecule has 7 aromatic heterocycles. The molecule has 9 heteroatoms. The molecule has 0 spiro atoms. The fraction of sp³-hybridized carbons (Fsp3) is 0. The lowest BCUT2D eigenvalue weighted by molar-refractivity contribution is 0.669. The van der Waals surface area contributed by atoms with Gasteiger partial charge in [0.25, 0.3) is 0 Å². The van der Waals surface area contributed by atoms with Gasteiger partial charge in [0.05, 0.1) is 44.8 Å². The molecular formula is C84H50N8O. The second kappa shape index (κ2) is 20.9. The first-order valence-electron chi connectivity index (χ1n) is 31.2. The third-order valence-electron chi connectivity index (χ3n) is 18.4. The van der Waals surface area contributed by atoms with Gasteiger partial charge in [0.1, 0.15) is 22.5 Å². The van der Waals surface area contributed by atoms with Gasteiger partial charge in [-0.1, -0.05) is 218 Å². The van der Waals surface area contributed by atoms with Crippen LogP contribution in [0, 0.1) is 0 Å². The molecule has 9 nitrogen and oxygen atoms in total. The fourth-order valence-corrected chi connectivity index (χ4v) is 14.1. The first-order chi connectivity index (χ1) is 46.1. The molecule has 0 N–H and O–H groups in total. The van der Waals surface area contributed by atoms with Gasteiger partial charge in [-0.2, -0.15) is 0 Å². The number of para-hydroxylation sites is 1. The Balaban J connectivity index is 0.000000133. The quantitative estimate of drug-likeness (QED) is 0.153. The lowest BCUT2D eigenvalue weighted by atomic mass is 9.97. The van der Waals surface area contributed by atoms with Crippen molar-refractivity contribution in [1.29, 1.82) is 0 Å². The van der Waals surface area contributed by atoms with Gasteiger partial charge in [-0.25, -0.2) is 29.9 Å². The molecule has 0 fully saturated rings.